The van der Waals surface area contributed by atoms with Gasteiger partial charge in [-0.25, -0.2) is 0 Å². The minimum Gasteiger partial charge on any atom is -0.370 e. The molecule has 1 N–H and O–H groups in total. The lowest BCUT2D eigenvalue weighted by atomic mass is 10.1. The molecule has 5 nitrogen and oxygen atoms in total. The van der Waals surface area contributed by atoms with Gasteiger partial charge in [0.15, 0.2) is 0 Å². The van der Waals surface area contributed by atoms with Crippen LogP contribution in [-0.4, -0.2) is 35.3 Å². The minimum atomic E-state index is -0.212. The Balaban J connectivity index is 1.66. The van der Waals surface area contributed by atoms with E-state index in [1.165, 1.54) is 24.1 Å². The lowest BCUT2D eigenvalue weighted by molar-refractivity contribution is 0.0936. The second-order valence-electron chi connectivity index (χ2n) is 8.43. The Morgan fingerprint density at radius 3 is 2.59 bits per heavy atom. The summed E-state index contributed by atoms with van der Waals surface area (Å²) >= 11 is 0. The van der Waals surface area contributed by atoms with Gasteiger partial charge in [0.25, 0.3) is 5.91 Å². The maximum atomic E-state index is 12.9. The van der Waals surface area contributed by atoms with Crippen LogP contribution in [0, 0.1) is 6.92 Å². The smallest absolute Gasteiger partial charge is 0.269 e. The average molecular weight is 369 g/mol. The number of para-hydroxylation sites is 1. The van der Waals surface area contributed by atoms with E-state index in [1.54, 1.807) is 0 Å². The summed E-state index contributed by atoms with van der Waals surface area (Å²) in [7, 11) is 0. The molecule has 0 atom stereocenters. The van der Waals surface area contributed by atoms with Gasteiger partial charge in [-0.3, -0.25) is 9.48 Å². The van der Waals surface area contributed by atoms with Gasteiger partial charge in [0.1, 0.15) is 5.69 Å². The van der Waals surface area contributed by atoms with Crippen molar-refractivity contribution in [1.82, 2.24) is 15.1 Å². The number of carbonyl (C=O) groups excluding carboxylic acids is 1. The number of hydrogen-bond donors (Lipinski definition) is 1. The fourth-order valence-electron chi connectivity index (χ4n) is 3.41. The molecule has 1 aliphatic rings. The van der Waals surface area contributed by atoms with Gasteiger partial charge in [-0.2, -0.15) is 5.10 Å². The zero-order chi connectivity index (χ0) is 19.6. The highest BCUT2D eigenvalue weighted by Gasteiger charge is 2.31. The molecule has 1 aromatic heterocycles. The highest BCUT2D eigenvalue weighted by atomic mass is 16.2. The van der Waals surface area contributed by atoms with Crippen molar-refractivity contribution in [2.24, 2.45) is 0 Å². The molecular weight excluding hydrogens is 336 g/mol. The number of aromatic nitrogens is 2. The first-order chi connectivity index (χ1) is 12.8. The van der Waals surface area contributed by atoms with E-state index < -0.39 is 0 Å². The van der Waals surface area contributed by atoms with Crippen molar-refractivity contribution in [1.29, 1.82) is 0 Å². The van der Waals surface area contributed by atoms with E-state index in [0.717, 1.165) is 18.8 Å². The van der Waals surface area contributed by atoms with Gasteiger partial charge in [-0.15, -0.1) is 0 Å². The number of aryl methyl sites for hydroxylation is 1. The van der Waals surface area contributed by atoms with E-state index in [4.69, 9.17) is 5.10 Å². The summed E-state index contributed by atoms with van der Waals surface area (Å²) in [6, 6.07) is 10.4. The second kappa shape index (κ2) is 7.75. The summed E-state index contributed by atoms with van der Waals surface area (Å²) in [6.45, 7) is 12.8. The number of benzene rings is 1. The Kier molecular flexibility index (Phi) is 5.59. The Morgan fingerprint density at radius 2 is 2.00 bits per heavy atom. The molecule has 1 heterocycles. The van der Waals surface area contributed by atoms with Gasteiger partial charge in [-0.1, -0.05) is 18.2 Å². The summed E-state index contributed by atoms with van der Waals surface area (Å²) in [5, 5.41) is 7.83. The van der Waals surface area contributed by atoms with E-state index in [0.29, 0.717) is 18.2 Å². The minimum absolute atomic E-state index is 0.0369. The van der Waals surface area contributed by atoms with Crippen LogP contribution in [-0.2, 0) is 5.54 Å². The molecule has 0 aliphatic heterocycles. The molecule has 1 saturated carbocycles. The number of likely N-dealkylation sites (N-methyl/N-ethyl adjacent to an activating group) is 1. The summed E-state index contributed by atoms with van der Waals surface area (Å²) in [4.78, 5) is 15.1. The SMILES string of the molecule is CCN(CCNC(=O)c1cc(C2CC2)nn1C(C)(C)C)c1ccccc1C. The van der Waals surface area contributed by atoms with Gasteiger partial charge < -0.3 is 10.2 Å². The quantitative estimate of drug-likeness (QED) is 0.801. The van der Waals surface area contributed by atoms with Crippen LogP contribution in [0.4, 0.5) is 5.69 Å². The van der Waals surface area contributed by atoms with Crippen LogP contribution in [0.3, 0.4) is 0 Å². The van der Waals surface area contributed by atoms with Crippen molar-refractivity contribution >= 4 is 11.6 Å². The summed E-state index contributed by atoms with van der Waals surface area (Å²) in [5.41, 5.74) is 4.00. The molecule has 1 aliphatic carbocycles. The number of rotatable bonds is 7. The highest BCUT2D eigenvalue weighted by molar-refractivity contribution is 5.92. The average Bonchev–Trinajstić information content (AvgIpc) is 3.36. The maximum Gasteiger partial charge on any atom is 0.269 e. The zero-order valence-corrected chi connectivity index (χ0v) is 17.2. The lowest BCUT2D eigenvalue weighted by Gasteiger charge is -2.25. The van der Waals surface area contributed by atoms with Crippen LogP contribution in [0.2, 0.25) is 0 Å². The van der Waals surface area contributed by atoms with Crippen LogP contribution in [0.15, 0.2) is 30.3 Å². The molecule has 2 aromatic rings. The molecule has 0 radical (unpaired) electrons. The topological polar surface area (TPSA) is 50.2 Å². The number of anilines is 1. The molecule has 1 amide bonds. The van der Waals surface area contributed by atoms with Crippen molar-refractivity contribution in [3.8, 4) is 0 Å². The van der Waals surface area contributed by atoms with Crippen LogP contribution >= 0.6 is 0 Å². The fraction of sp³-hybridized carbons (Fsp3) is 0.545. The van der Waals surface area contributed by atoms with Crippen molar-refractivity contribution in [2.45, 2.75) is 58.9 Å². The number of amides is 1. The number of hydrogen-bond acceptors (Lipinski definition) is 3. The summed E-state index contributed by atoms with van der Waals surface area (Å²) < 4.78 is 1.88. The first-order valence-corrected chi connectivity index (χ1v) is 10.0. The molecule has 0 saturated heterocycles. The van der Waals surface area contributed by atoms with E-state index >= 15 is 0 Å². The second-order valence-corrected chi connectivity index (χ2v) is 8.43. The zero-order valence-electron chi connectivity index (χ0n) is 17.2. The summed E-state index contributed by atoms with van der Waals surface area (Å²) in [5.74, 6) is 0.502. The van der Waals surface area contributed by atoms with Crippen LogP contribution in [0.25, 0.3) is 0 Å². The monoisotopic (exact) mass is 368 g/mol. The molecular formula is C22H32N4O. The predicted octanol–water partition coefficient (Wildman–Crippen LogP) is 4.08. The maximum absolute atomic E-state index is 12.9. The first-order valence-electron chi connectivity index (χ1n) is 10.0. The van der Waals surface area contributed by atoms with Gasteiger partial charge in [0, 0.05) is 31.2 Å². The van der Waals surface area contributed by atoms with E-state index in [1.807, 2.05) is 10.7 Å². The molecule has 146 valence electrons. The third-order valence-corrected chi connectivity index (χ3v) is 5.10. The molecule has 3 rings (SSSR count). The van der Waals surface area contributed by atoms with Crippen LogP contribution in [0.1, 0.15) is 68.2 Å². The van der Waals surface area contributed by atoms with Gasteiger partial charge >= 0.3 is 0 Å². The van der Waals surface area contributed by atoms with Crippen LogP contribution < -0.4 is 10.2 Å². The van der Waals surface area contributed by atoms with E-state index in [2.05, 4.69) is 69.1 Å². The fourth-order valence-corrected chi connectivity index (χ4v) is 3.41. The number of nitrogens with one attached hydrogen (secondary N) is 1. The standard InChI is InChI=1S/C22H32N4O/c1-6-25(19-10-8-7-9-16(19)2)14-13-23-21(27)20-15-18(17-11-12-17)24-26(20)22(3,4)5/h7-10,15,17H,6,11-14H2,1-5H3,(H,23,27). The number of nitrogens with zero attached hydrogens (tertiary/aromatic N) is 3. The van der Waals surface area contributed by atoms with Crippen molar-refractivity contribution in [3.05, 3.63) is 47.3 Å². The van der Waals surface area contributed by atoms with Gasteiger partial charge in [-0.05, 0) is 65.2 Å². The Bertz CT molecular complexity index is 799. The predicted molar refractivity (Wildman–Crippen MR) is 111 cm³/mol. The van der Waals surface area contributed by atoms with Gasteiger partial charge in [0.2, 0.25) is 0 Å². The largest absolute Gasteiger partial charge is 0.370 e. The Morgan fingerprint density at radius 1 is 1.30 bits per heavy atom. The molecule has 27 heavy (non-hydrogen) atoms. The molecule has 0 unspecified atom stereocenters. The third-order valence-electron chi connectivity index (χ3n) is 5.10. The molecule has 0 spiro atoms. The molecule has 1 aromatic carbocycles. The molecule has 5 heteroatoms. The van der Waals surface area contributed by atoms with E-state index in [-0.39, 0.29) is 11.4 Å². The van der Waals surface area contributed by atoms with Crippen molar-refractivity contribution < 1.29 is 4.79 Å². The lowest BCUT2D eigenvalue weighted by Crippen LogP contribution is -2.37. The Hall–Kier alpha value is -2.30. The molecule has 0 bridgehead atoms. The normalized spacial score (nSPS) is 14.3. The highest BCUT2D eigenvalue weighted by Crippen LogP contribution is 2.40. The molecule has 1 fully saturated rings. The van der Waals surface area contributed by atoms with Crippen molar-refractivity contribution in [2.75, 3.05) is 24.5 Å². The third kappa shape index (κ3) is 4.52. The van der Waals surface area contributed by atoms with Crippen molar-refractivity contribution in [3.63, 3.8) is 0 Å². The van der Waals surface area contributed by atoms with Crippen LogP contribution in [0.5, 0.6) is 0 Å². The summed E-state index contributed by atoms with van der Waals surface area (Å²) in [6.07, 6.45) is 2.37. The first kappa shape index (κ1) is 19.5. The van der Waals surface area contributed by atoms with Gasteiger partial charge in [0.05, 0.1) is 11.2 Å². The number of carbonyl (C=O) groups is 1. The van der Waals surface area contributed by atoms with E-state index in [9.17, 15) is 4.79 Å². The Labute approximate surface area is 162 Å².